The first-order valence-corrected chi connectivity index (χ1v) is 6.33. The molecule has 92 valence electrons. The molecule has 0 radical (unpaired) electrons. The smallest absolute Gasteiger partial charge is 0.166 e. The molecule has 1 heterocycles. The molecule has 2 rings (SSSR count). The third-order valence-electron chi connectivity index (χ3n) is 2.49. The van der Waals surface area contributed by atoms with E-state index in [9.17, 15) is 9.90 Å². The van der Waals surface area contributed by atoms with E-state index in [1.807, 2.05) is 30.3 Å². The Balaban J connectivity index is 2.43. The summed E-state index contributed by atoms with van der Waals surface area (Å²) in [5.74, 6) is -0.166. The van der Waals surface area contributed by atoms with E-state index in [2.05, 4.69) is 4.98 Å². The van der Waals surface area contributed by atoms with Crippen LogP contribution < -0.4 is 0 Å². The Morgan fingerprint density at radius 1 is 1.22 bits per heavy atom. The summed E-state index contributed by atoms with van der Waals surface area (Å²) >= 11 is 1.40. The zero-order valence-corrected chi connectivity index (χ0v) is 11.0. The molecular weight excluding hydrogens is 246 g/mol. The Labute approximate surface area is 109 Å². The molecule has 0 fully saturated rings. The molecule has 0 aliphatic heterocycles. The Kier molecular flexibility index (Phi) is 3.58. The number of ketones is 1. The lowest BCUT2D eigenvalue weighted by Crippen LogP contribution is -1.98. The molecule has 1 aromatic carbocycles. The molecule has 0 spiro atoms. The van der Waals surface area contributed by atoms with Crippen molar-refractivity contribution < 1.29 is 9.90 Å². The highest BCUT2D eigenvalue weighted by Crippen LogP contribution is 2.30. The molecule has 0 aliphatic carbocycles. The molecule has 0 aliphatic rings. The van der Waals surface area contributed by atoms with Gasteiger partial charge in [-0.3, -0.25) is 4.79 Å². The minimum Gasteiger partial charge on any atom is -0.512 e. The van der Waals surface area contributed by atoms with Gasteiger partial charge in [0.2, 0.25) is 0 Å². The molecule has 18 heavy (non-hydrogen) atoms. The molecule has 0 atom stereocenters. The Morgan fingerprint density at radius 2 is 1.89 bits per heavy atom. The van der Waals surface area contributed by atoms with Gasteiger partial charge in [-0.1, -0.05) is 30.3 Å². The minimum absolute atomic E-state index is 0.0106. The fraction of sp³-hybridized carbons (Fsp3) is 0.143. The number of hydrogen-bond donors (Lipinski definition) is 1. The van der Waals surface area contributed by atoms with Crippen molar-refractivity contribution in [2.24, 2.45) is 0 Å². The lowest BCUT2D eigenvalue weighted by Gasteiger charge is -2.00. The maximum atomic E-state index is 11.5. The monoisotopic (exact) mass is 259 g/mol. The van der Waals surface area contributed by atoms with Gasteiger partial charge in [0.15, 0.2) is 5.78 Å². The second kappa shape index (κ2) is 5.14. The van der Waals surface area contributed by atoms with E-state index in [-0.39, 0.29) is 11.5 Å². The van der Waals surface area contributed by atoms with Crippen LogP contribution in [0.5, 0.6) is 0 Å². The van der Waals surface area contributed by atoms with Gasteiger partial charge in [0.1, 0.15) is 10.8 Å². The minimum atomic E-state index is -0.177. The van der Waals surface area contributed by atoms with Crippen molar-refractivity contribution in [2.45, 2.75) is 13.8 Å². The SMILES string of the molecule is CC(=O)/C(=C(/C)O)c1ncc(-c2ccccc2)s1. The zero-order valence-electron chi connectivity index (χ0n) is 10.2. The molecule has 1 N–H and O–H groups in total. The molecule has 0 saturated carbocycles. The Hall–Kier alpha value is -1.94. The maximum absolute atomic E-state index is 11.5. The zero-order chi connectivity index (χ0) is 13.1. The highest BCUT2D eigenvalue weighted by molar-refractivity contribution is 7.16. The van der Waals surface area contributed by atoms with Crippen LogP contribution >= 0.6 is 11.3 Å². The van der Waals surface area contributed by atoms with Crippen LogP contribution in [-0.4, -0.2) is 15.9 Å². The van der Waals surface area contributed by atoms with Crippen molar-refractivity contribution in [1.82, 2.24) is 4.98 Å². The van der Waals surface area contributed by atoms with Crippen molar-refractivity contribution >= 4 is 22.7 Å². The number of rotatable bonds is 3. The number of allylic oxidation sites excluding steroid dienone is 2. The van der Waals surface area contributed by atoms with Gasteiger partial charge in [-0.05, 0) is 19.4 Å². The topological polar surface area (TPSA) is 50.2 Å². The fourth-order valence-corrected chi connectivity index (χ4v) is 2.75. The predicted octanol–water partition coefficient (Wildman–Crippen LogP) is 3.69. The van der Waals surface area contributed by atoms with Gasteiger partial charge in [-0.15, -0.1) is 11.3 Å². The van der Waals surface area contributed by atoms with Crippen LogP contribution in [-0.2, 0) is 4.79 Å². The number of carbonyl (C=O) groups is 1. The van der Waals surface area contributed by atoms with Crippen LogP contribution in [0.4, 0.5) is 0 Å². The number of carbonyl (C=O) groups excluding carboxylic acids is 1. The highest BCUT2D eigenvalue weighted by atomic mass is 32.1. The van der Waals surface area contributed by atoms with E-state index >= 15 is 0 Å². The van der Waals surface area contributed by atoms with Gasteiger partial charge in [-0.25, -0.2) is 4.98 Å². The lowest BCUT2D eigenvalue weighted by molar-refractivity contribution is -0.111. The molecule has 0 saturated heterocycles. The maximum Gasteiger partial charge on any atom is 0.166 e. The van der Waals surface area contributed by atoms with Crippen LogP contribution in [0.1, 0.15) is 18.9 Å². The summed E-state index contributed by atoms with van der Waals surface area (Å²) in [6, 6.07) is 9.83. The lowest BCUT2D eigenvalue weighted by atomic mass is 10.2. The first-order chi connectivity index (χ1) is 8.59. The fourth-order valence-electron chi connectivity index (χ4n) is 1.69. The van der Waals surface area contributed by atoms with E-state index in [1.165, 1.54) is 25.2 Å². The Bertz CT molecular complexity index is 595. The van der Waals surface area contributed by atoms with E-state index in [1.54, 1.807) is 6.20 Å². The Morgan fingerprint density at radius 3 is 2.44 bits per heavy atom. The van der Waals surface area contributed by atoms with Gasteiger partial charge < -0.3 is 5.11 Å². The van der Waals surface area contributed by atoms with Crippen LogP contribution in [0.3, 0.4) is 0 Å². The summed E-state index contributed by atoms with van der Waals surface area (Å²) in [5.41, 5.74) is 1.35. The summed E-state index contributed by atoms with van der Waals surface area (Å²) in [4.78, 5) is 16.7. The molecule has 0 unspecified atom stereocenters. The summed E-state index contributed by atoms with van der Waals surface area (Å²) in [6.45, 7) is 2.93. The van der Waals surface area contributed by atoms with E-state index in [0.717, 1.165) is 10.4 Å². The summed E-state index contributed by atoms with van der Waals surface area (Å²) in [6.07, 6.45) is 1.72. The number of Topliss-reactive ketones (excluding diaryl/α,β-unsaturated/α-hetero) is 1. The second-order valence-electron chi connectivity index (χ2n) is 3.91. The first kappa shape index (κ1) is 12.5. The van der Waals surface area contributed by atoms with Crippen molar-refractivity contribution in [1.29, 1.82) is 0 Å². The van der Waals surface area contributed by atoms with Crippen molar-refractivity contribution in [2.75, 3.05) is 0 Å². The number of nitrogens with zero attached hydrogens (tertiary/aromatic N) is 1. The normalized spacial score (nSPS) is 12.1. The number of aliphatic hydroxyl groups is 1. The van der Waals surface area contributed by atoms with Gasteiger partial charge in [0.25, 0.3) is 0 Å². The summed E-state index contributed by atoms with van der Waals surface area (Å²) in [7, 11) is 0. The number of aromatic nitrogens is 1. The van der Waals surface area contributed by atoms with E-state index < -0.39 is 0 Å². The molecule has 1 aromatic heterocycles. The molecule has 0 amide bonds. The molecular formula is C14H13NO2S. The van der Waals surface area contributed by atoms with Crippen molar-refractivity contribution in [3.8, 4) is 10.4 Å². The number of thiazole rings is 1. The van der Waals surface area contributed by atoms with E-state index in [4.69, 9.17) is 0 Å². The predicted molar refractivity (Wildman–Crippen MR) is 73.5 cm³/mol. The number of aliphatic hydroxyl groups excluding tert-OH is 1. The number of benzene rings is 1. The van der Waals surface area contributed by atoms with Crippen LogP contribution in [0.2, 0.25) is 0 Å². The third kappa shape index (κ3) is 2.49. The molecule has 3 nitrogen and oxygen atoms in total. The average molecular weight is 259 g/mol. The van der Waals surface area contributed by atoms with Crippen molar-refractivity contribution in [3.63, 3.8) is 0 Å². The van der Waals surface area contributed by atoms with Crippen LogP contribution in [0, 0.1) is 0 Å². The van der Waals surface area contributed by atoms with Gasteiger partial charge >= 0.3 is 0 Å². The highest BCUT2D eigenvalue weighted by Gasteiger charge is 2.15. The third-order valence-corrected chi connectivity index (χ3v) is 3.56. The van der Waals surface area contributed by atoms with Crippen LogP contribution in [0.25, 0.3) is 16.0 Å². The van der Waals surface area contributed by atoms with Crippen LogP contribution in [0.15, 0.2) is 42.3 Å². The largest absolute Gasteiger partial charge is 0.512 e. The number of hydrogen-bond acceptors (Lipinski definition) is 4. The molecule has 4 heteroatoms. The quantitative estimate of drug-likeness (QED) is 0.675. The van der Waals surface area contributed by atoms with E-state index in [0.29, 0.717) is 10.6 Å². The first-order valence-electron chi connectivity index (χ1n) is 5.52. The second-order valence-corrected chi connectivity index (χ2v) is 4.94. The van der Waals surface area contributed by atoms with Crippen molar-refractivity contribution in [3.05, 3.63) is 47.3 Å². The molecule has 2 aromatic rings. The summed E-state index contributed by atoms with van der Waals surface area (Å²) in [5, 5.41) is 10.1. The van der Waals surface area contributed by atoms with Gasteiger partial charge in [-0.2, -0.15) is 0 Å². The molecule has 0 bridgehead atoms. The average Bonchev–Trinajstić information content (AvgIpc) is 2.78. The summed E-state index contributed by atoms with van der Waals surface area (Å²) < 4.78 is 0. The van der Waals surface area contributed by atoms with Gasteiger partial charge in [0, 0.05) is 6.20 Å². The van der Waals surface area contributed by atoms with Gasteiger partial charge in [0.05, 0.1) is 10.5 Å². The standard InChI is InChI=1S/C14H13NO2S/c1-9(16)13(10(2)17)14-15-8-12(18-14)11-6-4-3-5-7-11/h3-8,16H,1-2H3/b13-9+.